The monoisotopic (exact) mass is 258 g/mol. The van der Waals surface area contributed by atoms with Crippen LogP contribution >= 0.6 is 27.3 Å². The number of halogens is 1. The average Bonchev–Trinajstić information content (AvgIpc) is 2.49. The van der Waals surface area contributed by atoms with Crippen LogP contribution in [0.25, 0.3) is 0 Å². The molecule has 1 heterocycles. The molecule has 0 bridgehead atoms. The van der Waals surface area contributed by atoms with E-state index in [9.17, 15) is 4.79 Å². The van der Waals surface area contributed by atoms with Gasteiger partial charge in [-0.25, -0.2) is 4.98 Å². The molecule has 0 saturated heterocycles. The first-order valence-corrected chi connectivity index (χ1v) is 5.14. The van der Waals surface area contributed by atoms with Crippen molar-refractivity contribution in [3.63, 3.8) is 0 Å². The van der Waals surface area contributed by atoms with Gasteiger partial charge in [0.05, 0.1) is 11.6 Å². The van der Waals surface area contributed by atoms with Gasteiger partial charge in [0.2, 0.25) is 0 Å². The summed E-state index contributed by atoms with van der Waals surface area (Å²) in [5, 5.41) is 3.64. The molecule has 0 aromatic carbocycles. The minimum atomic E-state index is -0.289. The zero-order valence-electron chi connectivity index (χ0n) is 6.93. The van der Waals surface area contributed by atoms with Gasteiger partial charge in [0, 0.05) is 32.9 Å². The van der Waals surface area contributed by atoms with E-state index in [1.807, 2.05) is 6.92 Å². The molecule has 0 fully saturated rings. The van der Waals surface area contributed by atoms with E-state index in [4.69, 9.17) is 0 Å². The molecular formula is C8H7BrN2OS. The van der Waals surface area contributed by atoms with Gasteiger partial charge in [-0.15, -0.1) is 11.3 Å². The van der Waals surface area contributed by atoms with Crippen LogP contribution in [-0.4, -0.2) is 10.9 Å². The summed E-state index contributed by atoms with van der Waals surface area (Å²) < 4.78 is 0. The highest BCUT2D eigenvalue weighted by Crippen LogP contribution is 2.10. The second-order valence-corrected chi connectivity index (χ2v) is 3.96. The largest absolute Gasteiger partial charge is 0.340 e. The zero-order chi connectivity index (χ0) is 9.68. The highest BCUT2D eigenvalue weighted by Gasteiger charge is 1.99. The van der Waals surface area contributed by atoms with Gasteiger partial charge >= 0.3 is 0 Å². The number of hydrogen-bond donors (Lipinski definition) is 1. The van der Waals surface area contributed by atoms with Crippen LogP contribution < -0.4 is 5.32 Å². The van der Waals surface area contributed by atoms with Crippen LogP contribution in [-0.2, 0) is 11.3 Å². The third-order valence-corrected chi connectivity index (χ3v) is 2.36. The van der Waals surface area contributed by atoms with Crippen LogP contribution in [0.5, 0.6) is 0 Å². The quantitative estimate of drug-likeness (QED) is 0.816. The van der Waals surface area contributed by atoms with Crippen molar-refractivity contribution in [1.82, 2.24) is 10.3 Å². The highest BCUT2D eigenvalue weighted by molar-refractivity contribution is 9.12. The van der Waals surface area contributed by atoms with Crippen molar-refractivity contribution in [2.24, 2.45) is 0 Å². The summed E-state index contributed by atoms with van der Waals surface area (Å²) in [6.45, 7) is 2.42. The van der Waals surface area contributed by atoms with Crippen LogP contribution in [0.3, 0.4) is 0 Å². The van der Waals surface area contributed by atoms with Gasteiger partial charge in [-0.3, -0.25) is 4.79 Å². The maximum atomic E-state index is 10.9. The lowest BCUT2D eigenvalue weighted by Gasteiger charge is -1.95. The molecule has 0 saturated carbocycles. The summed E-state index contributed by atoms with van der Waals surface area (Å²) in [6, 6.07) is 0. The molecular weight excluding hydrogens is 252 g/mol. The van der Waals surface area contributed by atoms with E-state index < -0.39 is 0 Å². The first-order chi connectivity index (χ1) is 6.22. The molecule has 5 heteroatoms. The predicted molar refractivity (Wildman–Crippen MR) is 55.4 cm³/mol. The minimum Gasteiger partial charge on any atom is -0.340 e. The molecule has 1 N–H and O–H groups in total. The number of amides is 1. The second kappa shape index (κ2) is 5.00. The summed E-state index contributed by atoms with van der Waals surface area (Å²) in [5.74, 6) is 2.03. The van der Waals surface area contributed by atoms with Crippen LogP contribution in [0.15, 0.2) is 6.20 Å². The normalized spacial score (nSPS) is 8.77. The van der Waals surface area contributed by atoms with Gasteiger partial charge in [-0.2, -0.15) is 0 Å². The lowest BCUT2D eigenvalue weighted by molar-refractivity contribution is -0.115. The van der Waals surface area contributed by atoms with Crippen molar-refractivity contribution in [3.8, 4) is 10.8 Å². The fourth-order valence-corrected chi connectivity index (χ4v) is 1.66. The van der Waals surface area contributed by atoms with E-state index >= 15 is 0 Å². The molecule has 0 unspecified atom stereocenters. The molecule has 1 aromatic heterocycles. The van der Waals surface area contributed by atoms with Gasteiger partial charge < -0.3 is 5.32 Å². The van der Waals surface area contributed by atoms with Crippen molar-refractivity contribution >= 4 is 33.2 Å². The molecule has 0 aliphatic rings. The van der Waals surface area contributed by atoms with E-state index in [0.717, 1.165) is 9.88 Å². The fourth-order valence-electron chi connectivity index (χ4n) is 0.742. The third-order valence-electron chi connectivity index (χ3n) is 1.25. The Labute approximate surface area is 88.7 Å². The van der Waals surface area contributed by atoms with Gasteiger partial charge in [-0.05, 0) is 11.8 Å². The smallest absolute Gasteiger partial charge is 0.297 e. The van der Waals surface area contributed by atoms with Crippen LogP contribution in [0.4, 0.5) is 0 Å². The first kappa shape index (κ1) is 10.2. The van der Waals surface area contributed by atoms with Crippen LogP contribution in [0.2, 0.25) is 0 Å². The van der Waals surface area contributed by atoms with Crippen LogP contribution in [0.1, 0.15) is 9.88 Å². The summed E-state index contributed by atoms with van der Waals surface area (Å²) >= 11 is 4.41. The number of carbonyl (C=O) groups is 1. The number of thiazole rings is 1. The van der Waals surface area contributed by atoms with Crippen molar-refractivity contribution < 1.29 is 4.79 Å². The molecule has 0 atom stereocenters. The second-order valence-electron chi connectivity index (χ2n) is 2.25. The number of aryl methyl sites for hydroxylation is 1. The molecule has 1 rings (SSSR count). The Hall–Kier alpha value is -0.860. The van der Waals surface area contributed by atoms with E-state index in [2.05, 4.69) is 37.0 Å². The number of nitrogens with zero attached hydrogens (tertiary/aromatic N) is 1. The average molecular weight is 259 g/mol. The van der Waals surface area contributed by atoms with E-state index in [0.29, 0.717) is 6.54 Å². The van der Waals surface area contributed by atoms with E-state index in [-0.39, 0.29) is 5.91 Å². The Kier molecular flexibility index (Phi) is 3.93. The topological polar surface area (TPSA) is 42.0 Å². The Balaban J connectivity index is 2.42. The highest BCUT2D eigenvalue weighted by atomic mass is 79.9. The molecule has 0 aliphatic heterocycles. The lowest BCUT2D eigenvalue weighted by Crippen LogP contribution is -2.19. The molecule has 1 aromatic rings. The molecule has 0 aliphatic carbocycles. The fraction of sp³-hybridized carbons (Fsp3) is 0.250. The van der Waals surface area contributed by atoms with Crippen molar-refractivity contribution in [2.75, 3.05) is 0 Å². The third kappa shape index (κ3) is 3.57. The summed E-state index contributed by atoms with van der Waals surface area (Å²) in [4.78, 5) is 18.3. The van der Waals surface area contributed by atoms with E-state index in [1.54, 1.807) is 17.5 Å². The van der Waals surface area contributed by atoms with Crippen molar-refractivity contribution in [1.29, 1.82) is 0 Å². The van der Waals surface area contributed by atoms with Crippen LogP contribution in [0, 0.1) is 17.7 Å². The maximum Gasteiger partial charge on any atom is 0.297 e. The minimum absolute atomic E-state index is 0.289. The van der Waals surface area contributed by atoms with Gasteiger partial charge in [-0.1, -0.05) is 0 Å². The Bertz CT molecular complexity index is 364. The predicted octanol–water partition coefficient (Wildman–Crippen LogP) is 1.42. The Morgan fingerprint density at radius 1 is 1.85 bits per heavy atom. The summed E-state index contributed by atoms with van der Waals surface area (Å²) in [7, 11) is 0. The molecule has 68 valence electrons. The zero-order valence-corrected chi connectivity index (χ0v) is 9.33. The van der Waals surface area contributed by atoms with Crippen molar-refractivity contribution in [3.05, 3.63) is 16.1 Å². The number of nitrogens with one attached hydrogen (secondary N) is 1. The first-order valence-electron chi connectivity index (χ1n) is 3.53. The van der Waals surface area contributed by atoms with Gasteiger partial charge in [0.15, 0.2) is 0 Å². The molecule has 0 radical (unpaired) electrons. The van der Waals surface area contributed by atoms with Gasteiger partial charge in [0.25, 0.3) is 5.91 Å². The number of hydrogen-bond acceptors (Lipinski definition) is 3. The molecule has 13 heavy (non-hydrogen) atoms. The number of carbonyl (C=O) groups excluding carboxylic acids is 1. The summed E-state index contributed by atoms with van der Waals surface area (Å²) in [6.07, 6.45) is 1.75. The number of aromatic nitrogens is 1. The lowest BCUT2D eigenvalue weighted by atomic mass is 10.5. The molecule has 0 spiro atoms. The molecule has 3 nitrogen and oxygen atoms in total. The SMILES string of the molecule is Cc1ncc(CNC(=O)C#CBr)s1. The van der Waals surface area contributed by atoms with Gasteiger partial charge in [0.1, 0.15) is 0 Å². The standard InChI is InChI=1S/C8H7BrN2OS/c1-6-10-4-7(13-6)5-11-8(12)2-3-9/h4H,5H2,1H3,(H,11,12). The summed E-state index contributed by atoms with van der Waals surface area (Å²) in [5.41, 5.74) is 0. The Morgan fingerprint density at radius 2 is 2.62 bits per heavy atom. The van der Waals surface area contributed by atoms with E-state index in [1.165, 1.54) is 0 Å². The molecule has 1 amide bonds. The maximum absolute atomic E-state index is 10.9. The number of rotatable bonds is 2. The Morgan fingerprint density at radius 3 is 3.15 bits per heavy atom. The van der Waals surface area contributed by atoms with Crippen molar-refractivity contribution in [2.45, 2.75) is 13.5 Å².